The van der Waals surface area contributed by atoms with E-state index in [9.17, 15) is 9.59 Å². The Hall–Kier alpha value is -1.05. The lowest BCUT2D eigenvalue weighted by Crippen LogP contribution is -2.47. The monoisotopic (exact) mass is 340 g/mol. The number of thiophene rings is 1. The lowest BCUT2D eigenvalue weighted by Gasteiger charge is -2.26. The highest BCUT2D eigenvalue weighted by atomic mass is 32.2. The Morgan fingerprint density at radius 2 is 2.32 bits per heavy atom. The van der Waals surface area contributed by atoms with E-state index in [1.807, 2.05) is 13.0 Å². The Morgan fingerprint density at radius 3 is 3.05 bits per heavy atom. The van der Waals surface area contributed by atoms with Gasteiger partial charge in [0.15, 0.2) is 0 Å². The highest BCUT2D eigenvalue weighted by molar-refractivity contribution is 7.99. The molecule has 1 saturated heterocycles. The fraction of sp³-hybridized carbons (Fsp3) is 0.600. The molecule has 120 valence electrons. The maximum atomic E-state index is 12.8. The number of likely N-dealkylation sites (N-methyl/N-ethyl adjacent to an activating group) is 1. The van der Waals surface area contributed by atoms with Gasteiger partial charge in [0.05, 0.1) is 24.0 Å². The highest BCUT2D eigenvalue weighted by Gasteiger charge is 2.37. The highest BCUT2D eigenvalue weighted by Crippen LogP contribution is 2.31. The zero-order chi connectivity index (χ0) is 15.7. The number of thioether (sulfide) groups is 1. The first-order valence-corrected chi connectivity index (χ1v) is 9.42. The number of carbonyl (C=O) groups is 2. The van der Waals surface area contributed by atoms with Crippen molar-refractivity contribution in [2.45, 2.75) is 26.0 Å². The van der Waals surface area contributed by atoms with E-state index in [0.29, 0.717) is 24.8 Å². The summed E-state index contributed by atoms with van der Waals surface area (Å²) >= 11 is 3.19. The van der Waals surface area contributed by atoms with E-state index in [-0.39, 0.29) is 17.9 Å². The molecule has 0 radical (unpaired) electrons. The van der Waals surface area contributed by atoms with Gasteiger partial charge >= 0.3 is 0 Å². The predicted octanol–water partition coefficient (Wildman–Crippen LogP) is 1.81. The second-order valence-electron chi connectivity index (χ2n) is 5.50. The van der Waals surface area contributed by atoms with Crippen molar-refractivity contribution in [2.75, 3.05) is 31.8 Å². The van der Waals surface area contributed by atoms with Gasteiger partial charge in [-0.05, 0) is 18.6 Å². The fourth-order valence-electron chi connectivity index (χ4n) is 2.65. The second-order valence-corrected chi connectivity index (χ2v) is 7.64. The average Bonchev–Trinajstić information content (AvgIpc) is 3.18. The zero-order valence-electron chi connectivity index (χ0n) is 12.8. The Kier molecular flexibility index (Phi) is 4.75. The van der Waals surface area contributed by atoms with Gasteiger partial charge in [-0.2, -0.15) is 0 Å². The molecular weight excluding hydrogens is 320 g/mol. The summed E-state index contributed by atoms with van der Waals surface area (Å²) in [6, 6.07) is 1.60. The van der Waals surface area contributed by atoms with Crippen molar-refractivity contribution in [3.8, 4) is 0 Å². The third kappa shape index (κ3) is 2.89. The molecule has 1 fully saturated rings. The largest absolute Gasteiger partial charge is 0.376 e. The van der Waals surface area contributed by atoms with Crippen LogP contribution in [0, 0.1) is 0 Å². The van der Waals surface area contributed by atoms with Crippen LogP contribution in [0.5, 0.6) is 0 Å². The summed E-state index contributed by atoms with van der Waals surface area (Å²) in [5.41, 5.74) is 1.13. The van der Waals surface area contributed by atoms with E-state index >= 15 is 0 Å². The summed E-state index contributed by atoms with van der Waals surface area (Å²) in [6.07, 6.45) is 0.878. The lowest BCUT2D eigenvalue weighted by molar-refractivity contribution is -0.133. The normalized spacial score (nSPS) is 20.8. The molecule has 3 rings (SSSR count). The van der Waals surface area contributed by atoms with Crippen LogP contribution in [0.15, 0.2) is 6.07 Å². The molecule has 22 heavy (non-hydrogen) atoms. The maximum absolute atomic E-state index is 12.8. The van der Waals surface area contributed by atoms with Gasteiger partial charge in [-0.3, -0.25) is 9.59 Å². The van der Waals surface area contributed by atoms with Crippen LogP contribution in [-0.4, -0.2) is 59.5 Å². The Labute approximate surface area is 138 Å². The van der Waals surface area contributed by atoms with Crippen LogP contribution >= 0.6 is 23.1 Å². The van der Waals surface area contributed by atoms with Gasteiger partial charge in [0.2, 0.25) is 5.91 Å². The number of amides is 2. The third-order valence-electron chi connectivity index (χ3n) is 4.12. The van der Waals surface area contributed by atoms with Crippen LogP contribution in [0.2, 0.25) is 0 Å². The first-order valence-electron chi connectivity index (χ1n) is 7.44. The molecule has 2 amide bonds. The number of nitrogens with zero attached hydrogens (tertiary/aromatic N) is 2. The van der Waals surface area contributed by atoms with Gasteiger partial charge in [0.1, 0.15) is 6.04 Å². The molecule has 1 aromatic rings. The molecule has 3 heterocycles. The van der Waals surface area contributed by atoms with Crippen LogP contribution in [0.25, 0.3) is 0 Å². The minimum Gasteiger partial charge on any atom is -0.376 e. The molecular formula is C15H20N2O3S2. The standard InChI is InChI=1S/C15H20N2O3S2/c1-3-16(2)14(18)11-8-21-9-17(11)15(19)13-6-10-7-20-5-4-12(10)22-13/h6,11H,3-5,7-9H2,1-2H3/t11-/m0/s1. The summed E-state index contributed by atoms with van der Waals surface area (Å²) < 4.78 is 5.44. The van der Waals surface area contributed by atoms with E-state index in [2.05, 4.69) is 0 Å². The Balaban J connectivity index is 1.78. The SMILES string of the molecule is CCN(C)C(=O)[C@@H]1CSCN1C(=O)c1cc2c(s1)CCOC2. The lowest BCUT2D eigenvalue weighted by atomic mass is 10.2. The van der Waals surface area contributed by atoms with Gasteiger partial charge in [0, 0.05) is 30.6 Å². The van der Waals surface area contributed by atoms with Gasteiger partial charge in [-0.1, -0.05) is 0 Å². The first kappa shape index (κ1) is 15.8. The molecule has 1 aromatic heterocycles. The van der Waals surface area contributed by atoms with Crippen molar-refractivity contribution in [3.63, 3.8) is 0 Å². The van der Waals surface area contributed by atoms with Crippen molar-refractivity contribution >= 4 is 34.9 Å². The van der Waals surface area contributed by atoms with Crippen molar-refractivity contribution in [2.24, 2.45) is 0 Å². The van der Waals surface area contributed by atoms with Crippen molar-refractivity contribution in [1.82, 2.24) is 9.80 Å². The van der Waals surface area contributed by atoms with Gasteiger partial charge < -0.3 is 14.5 Å². The minimum atomic E-state index is -0.335. The zero-order valence-corrected chi connectivity index (χ0v) is 14.5. The molecule has 0 aromatic carbocycles. The van der Waals surface area contributed by atoms with Gasteiger partial charge in [-0.25, -0.2) is 0 Å². The molecule has 7 heteroatoms. The quantitative estimate of drug-likeness (QED) is 0.842. The Bertz CT molecular complexity index is 564. The molecule has 0 N–H and O–H groups in total. The molecule has 0 spiro atoms. The summed E-state index contributed by atoms with van der Waals surface area (Å²) in [5, 5.41) is 0. The topological polar surface area (TPSA) is 49.9 Å². The number of rotatable bonds is 3. The fourth-order valence-corrected chi connectivity index (χ4v) is 4.90. The van der Waals surface area contributed by atoms with E-state index < -0.39 is 0 Å². The van der Waals surface area contributed by atoms with Crippen LogP contribution in [-0.2, 0) is 22.6 Å². The maximum Gasteiger partial charge on any atom is 0.265 e. The van der Waals surface area contributed by atoms with Gasteiger partial charge in [0.25, 0.3) is 5.91 Å². The summed E-state index contributed by atoms with van der Waals surface area (Å²) in [6.45, 7) is 3.92. The van der Waals surface area contributed by atoms with E-state index in [4.69, 9.17) is 4.74 Å². The molecule has 0 bridgehead atoms. The van der Waals surface area contributed by atoms with Crippen molar-refractivity contribution in [1.29, 1.82) is 0 Å². The van der Waals surface area contributed by atoms with Crippen LogP contribution in [0.4, 0.5) is 0 Å². The van der Waals surface area contributed by atoms with E-state index in [1.165, 1.54) is 4.88 Å². The van der Waals surface area contributed by atoms with Crippen molar-refractivity contribution < 1.29 is 14.3 Å². The smallest absolute Gasteiger partial charge is 0.265 e. The Morgan fingerprint density at radius 1 is 1.50 bits per heavy atom. The third-order valence-corrected chi connectivity index (χ3v) is 6.35. The van der Waals surface area contributed by atoms with Crippen LogP contribution < -0.4 is 0 Å². The number of ether oxygens (including phenoxy) is 1. The summed E-state index contributed by atoms with van der Waals surface area (Å²) in [4.78, 5) is 30.6. The molecule has 0 aliphatic carbocycles. The second kappa shape index (κ2) is 6.60. The first-order chi connectivity index (χ1) is 10.6. The summed E-state index contributed by atoms with van der Waals surface area (Å²) in [7, 11) is 1.79. The van der Waals surface area contributed by atoms with Crippen LogP contribution in [0.3, 0.4) is 0 Å². The van der Waals surface area contributed by atoms with Crippen molar-refractivity contribution in [3.05, 3.63) is 21.4 Å². The van der Waals surface area contributed by atoms with Crippen LogP contribution in [0.1, 0.15) is 27.0 Å². The summed E-state index contributed by atoms with van der Waals surface area (Å²) in [5.74, 6) is 1.28. The molecule has 2 aliphatic rings. The molecule has 0 saturated carbocycles. The average molecular weight is 340 g/mol. The number of hydrogen-bond donors (Lipinski definition) is 0. The molecule has 0 unspecified atom stereocenters. The minimum absolute atomic E-state index is 0.0211. The number of fused-ring (bicyclic) bond motifs is 1. The van der Waals surface area contributed by atoms with Gasteiger partial charge in [-0.15, -0.1) is 23.1 Å². The van der Waals surface area contributed by atoms with E-state index in [1.54, 1.807) is 39.9 Å². The predicted molar refractivity (Wildman–Crippen MR) is 88.3 cm³/mol. The van der Waals surface area contributed by atoms with E-state index in [0.717, 1.165) is 23.5 Å². The number of hydrogen-bond acceptors (Lipinski definition) is 5. The molecule has 5 nitrogen and oxygen atoms in total. The molecule has 2 aliphatic heterocycles. The number of carbonyl (C=O) groups excluding carboxylic acids is 2. The molecule has 1 atom stereocenters.